The number of benzene rings is 1. The third-order valence-electron chi connectivity index (χ3n) is 4.42. The van der Waals surface area contributed by atoms with Gasteiger partial charge in [-0.05, 0) is 44.0 Å². The van der Waals surface area contributed by atoms with Crippen LogP contribution < -0.4 is 5.32 Å². The Morgan fingerprint density at radius 2 is 1.87 bits per heavy atom. The fourth-order valence-corrected chi connectivity index (χ4v) is 4.02. The van der Waals surface area contributed by atoms with Crippen molar-refractivity contribution in [3.63, 3.8) is 0 Å². The summed E-state index contributed by atoms with van der Waals surface area (Å²) in [5, 5.41) is 3.35. The van der Waals surface area contributed by atoms with Gasteiger partial charge < -0.3 is 10.2 Å². The van der Waals surface area contributed by atoms with E-state index in [0.717, 1.165) is 25.9 Å². The highest BCUT2D eigenvalue weighted by molar-refractivity contribution is 7.91. The minimum Gasteiger partial charge on any atom is -0.339 e. The van der Waals surface area contributed by atoms with Crippen LogP contribution in [-0.4, -0.2) is 51.2 Å². The summed E-state index contributed by atoms with van der Waals surface area (Å²) >= 11 is 0. The summed E-state index contributed by atoms with van der Waals surface area (Å²) in [6.45, 7) is 7.01. The van der Waals surface area contributed by atoms with Crippen molar-refractivity contribution in [3.8, 4) is 0 Å². The lowest BCUT2D eigenvalue weighted by molar-refractivity contribution is 0.0686. The summed E-state index contributed by atoms with van der Waals surface area (Å²) in [6, 6.07) is 6.54. The van der Waals surface area contributed by atoms with Gasteiger partial charge in [0.1, 0.15) is 0 Å². The molecular formula is C17H26N2O3S. The lowest BCUT2D eigenvalue weighted by Gasteiger charge is -2.32. The molecule has 1 aliphatic rings. The first-order chi connectivity index (χ1) is 11.0. The van der Waals surface area contributed by atoms with E-state index in [-0.39, 0.29) is 16.6 Å². The molecule has 2 rings (SSSR count). The Labute approximate surface area is 139 Å². The Balaban J connectivity index is 2.11. The first-order valence-electron chi connectivity index (χ1n) is 8.31. The molecule has 1 heterocycles. The second kappa shape index (κ2) is 7.93. The molecule has 1 amide bonds. The first-order valence-corrected chi connectivity index (χ1v) is 9.96. The van der Waals surface area contributed by atoms with Gasteiger partial charge in [0.05, 0.1) is 16.2 Å². The zero-order valence-corrected chi connectivity index (χ0v) is 14.7. The van der Waals surface area contributed by atoms with Gasteiger partial charge in [-0.15, -0.1) is 0 Å². The van der Waals surface area contributed by atoms with Crippen molar-refractivity contribution >= 4 is 15.7 Å². The molecule has 1 aliphatic heterocycles. The lowest BCUT2D eigenvalue weighted by Crippen LogP contribution is -2.41. The highest BCUT2D eigenvalue weighted by Crippen LogP contribution is 2.22. The summed E-state index contributed by atoms with van der Waals surface area (Å²) in [7, 11) is -3.39. The van der Waals surface area contributed by atoms with Crippen molar-refractivity contribution in [3.05, 3.63) is 29.8 Å². The SMILES string of the molecule is CCNCC1CCN(C(=O)c2ccccc2S(=O)(=O)CC)CC1. The minimum absolute atomic E-state index is 0.00204. The largest absolute Gasteiger partial charge is 0.339 e. The molecule has 1 N–H and O–H groups in total. The summed E-state index contributed by atoms with van der Waals surface area (Å²) in [5.41, 5.74) is 0.305. The van der Waals surface area contributed by atoms with E-state index in [1.165, 1.54) is 6.07 Å². The summed E-state index contributed by atoms with van der Waals surface area (Å²) < 4.78 is 24.4. The van der Waals surface area contributed by atoms with Crippen molar-refractivity contribution in [2.45, 2.75) is 31.6 Å². The molecule has 5 nitrogen and oxygen atoms in total. The Kier molecular flexibility index (Phi) is 6.18. The molecule has 23 heavy (non-hydrogen) atoms. The van der Waals surface area contributed by atoms with Crippen LogP contribution in [0.1, 0.15) is 37.0 Å². The van der Waals surface area contributed by atoms with Crippen LogP contribution in [0.15, 0.2) is 29.2 Å². The Hall–Kier alpha value is -1.40. The first kappa shape index (κ1) is 17.9. The average Bonchev–Trinajstić information content (AvgIpc) is 2.59. The maximum Gasteiger partial charge on any atom is 0.255 e. The number of nitrogens with zero attached hydrogens (tertiary/aromatic N) is 1. The van der Waals surface area contributed by atoms with E-state index in [0.29, 0.717) is 24.6 Å². The molecule has 1 aromatic rings. The number of hydrogen-bond acceptors (Lipinski definition) is 4. The molecule has 0 unspecified atom stereocenters. The lowest BCUT2D eigenvalue weighted by atomic mass is 9.96. The van der Waals surface area contributed by atoms with E-state index in [1.807, 2.05) is 0 Å². The quantitative estimate of drug-likeness (QED) is 0.861. The number of carbonyl (C=O) groups excluding carboxylic acids is 1. The molecule has 0 atom stereocenters. The average molecular weight is 338 g/mol. The third-order valence-corrected chi connectivity index (χ3v) is 6.20. The Bertz CT molecular complexity index is 635. The number of carbonyl (C=O) groups is 1. The van der Waals surface area contributed by atoms with Crippen molar-refractivity contribution < 1.29 is 13.2 Å². The van der Waals surface area contributed by atoms with E-state index in [9.17, 15) is 13.2 Å². The zero-order chi connectivity index (χ0) is 16.9. The van der Waals surface area contributed by atoms with Gasteiger partial charge >= 0.3 is 0 Å². The molecule has 128 valence electrons. The summed E-state index contributed by atoms with van der Waals surface area (Å²) in [4.78, 5) is 14.7. The Morgan fingerprint density at radius 1 is 1.22 bits per heavy atom. The molecule has 1 aromatic carbocycles. The monoisotopic (exact) mass is 338 g/mol. The molecule has 0 radical (unpaired) electrons. The maximum absolute atomic E-state index is 12.7. The number of sulfone groups is 1. The van der Waals surface area contributed by atoms with Crippen molar-refractivity contribution in [1.82, 2.24) is 10.2 Å². The van der Waals surface area contributed by atoms with Crippen LogP contribution in [0.25, 0.3) is 0 Å². The highest BCUT2D eigenvalue weighted by atomic mass is 32.2. The van der Waals surface area contributed by atoms with Crippen LogP contribution in [0.2, 0.25) is 0 Å². The van der Waals surface area contributed by atoms with Crippen LogP contribution in [0.4, 0.5) is 0 Å². The predicted octanol–water partition coefficient (Wildman–Crippen LogP) is 1.94. The van der Waals surface area contributed by atoms with E-state index in [1.54, 1.807) is 30.0 Å². The maximum atomic E-state index is 12.7. The standard InChI is InChI=1S/C17H26N2O3S/c1-3-18-13-14-9-11-19(12-10-14)17(20)15-7-5-6-8-16(15)23(21,22)4-2/h5-8,14,18H,3-4,9-13H2,1-2H3. The summed E-state index contributed by atoms with van der Waals surface area (Å²) in [5.74, 6) is 0.426. The van der Waals surface area contributed by atoms with Gasteiger partial charge in [-0.2, -0.15) is 0 Å². The Morgan fingerprint density at radius 3 is 2.48 bits per heavy atom. The molecular weight excluding hydrogens is 312 g/mol. The third kappa shape index (κ3) is 4.32. The topological polar surface area (TPSA) is 66.5 Å². The van der Waals surface area contributed by atoms with Gasteiger partial charge in [-0.3, -0.25) is 4.79 Å². The fourth-order valence-electron chi connectivity index (χ4n) is 2.93. The predicted molar refractivity (Wildman–Crippen MR) is 91.3 cm³/mol. The second-order valence-electron chi connectivity index (χ2n) is 5.94. The van der Waals surface area contributed by atoms with Crippen LogP contribution in [0, 0.1) is 5.92 Å². The van der Waals surface area contributed by atoms with Crippen LogP contribution in [0.5, 0.6) is 0 Å². The van der Waals surface area contributed by atoms with Crippen LogP contribution in [-0.2, 0) is 9.84 Å². The number of nitrogens with one attached hydrogen (secondary N) is 1. The zero-order valence-electron chi connectivity index (χ0n) is 13.9. The van der Waals surface area contributed by atoms with Gasteiger partial charge in [0.25, 0.3) is 5.91 Å². The smallest absolute Gasteiger partial charge is 0.255 e. The normalized spacial score (nSPS) is 16.5. The molecule has 1 saturated heterocycles. The van der Waals surface area contributed by atoms with Gasteiger partial charge in [0.2, 0.25) is 0 Å². The minimum atomic E-state index is -3.39. The van der Waals surface area contributed by atoms with Crippen molar-refractivity contribution in [2.24, 2.45) is 5.92 Å². The molecule has 6 heteroatoms. The molecule has 0 aliphatic carbocycles. The van der Waals surface area contributed by atoms with E-state index in [2.05, 4.69) is 12.2 Å². The van der Waals surface area contributed by atoms with Crippen LogP contribution in [0.3, 0.4) is 0 Å². The van der Waals surface area contributed by atoms with E-state index < -0.39 is 9.84 Å². The fraction of sp³-hybridized carbons (Fsp3) is 0.588. The molecule has 0 bridgehead atoms. The molecule has 0 spiro atoms. The van der Waals surface area contributed by atoms with Crippen molar-refractivity contribution in [1.29, 1.82) is 0 Å². The van der Waals surface area contributed by atoms with Gasteiger partial charge in [-0.1, -0.05) is 26.0 Å². The van der Waals surface area contributed by atoms with E-state index >= 15 is 0 Å². The van der Waals surface area contributed by atoms with Crippen LogP contribution >= 0.6 is 0 Å². The van der Waals surface area contributed by atoms with Gasteiger partial charge in [0, 0.05) is 13.1 Å². The highest BCUT2D eigenvalue weighted by Gasteiger charge is 2.27. The van der Waals surface area contributed by atoms with Gasteiger partial charge in [-0.25, -0.2) is 8.42 Å². The number of likely N-dealkylation sites (tertiary alicyclic amines) is 1. The number of amides is 1. The summed E-state index contributed by atoms with van der Waals surface area (Å²) in [6.07, 6.45) is 1.92. The molecule has 0 saturated carbocycles. The molecule has 0 aromatic heterocycles. The van der Waals surface area contributed by atoms with Crippen molar-refractivity contribution in [2.75, 3.05) is 31.9 Å². The number of hydrogen-bond donors (Lipinski definition) is 1. The number of piperidine rings is 1. The number of rotatable bonds is 6. The molecule has 1 fully saturated rings. The van der Waals surface area contributed by atoms with E-state index in [4.69, 9.17) is 0 Å². The second-order valence-corrected chi connectivity index (χ2v) is 8.19. The van der Waals surface area contributed by atoms with Gasteiger partial charge in [0.15, 0.2) is 9.84 Å².